The molecule has 0 N–H and O–H groups in total. The molecule has 1 heterocycles. The highest BCUT2D eigenvalue weighted by atomic mass is 35.5. The average Bonchev–Trinajstić information content (AvgIpc) is 2.54. The van der Waals surface area contributed by atoms with Crippen LogP contribution in [0.2, 0.25) is 0 Å². The first-order valence-corrected chi connectivity index (χ1v) is 4.73. The molecule has 0 bridgehead atoms. The summed E-state index contributed by atoms with van der Waals surface area (Å²) in [5, 5.41) is 8.66. The van der Waals surface area contributed by atoms with Gasteiger partial charge in [0.25, 0.3) is 0 Å². The van der Waals surface area contributed by atoms with E-state index in [1.807, 2.05) is 17.8 Å². The van der Waals surface area contributed by atoms with Crippen LogP contribution in [0.4, 0.5) is 0 Å². The predicted molar refractivity (Wildman–Crippen MR) is 51.4 cm³/mol. The van der Waals surface area contributed by atoms with Crippen molar-refractivity contribution in [3.05, 3.63) is 18.2 Å². The van der Waals surface area contributed by atoms with Gasteiger partial charge < -0.3 is 4.57 Å². The summed E-state index contributed by atoms with van der Waals surface area (Å²) in [5.41, 5.74) is 0. The third-order valence-corrected chi connectivity index (χ3v) is 2.38. The standard InChI is InChI=1S/C9H12ClN3/c1-13-5-4-12-9(13)3-2-8(6-10)7-11/h4-5,8H,2-3,6H2,1H3. The maximum Gasteiger partial charge on any atom is 0.108 e. The molecule has 3 nitrogen and oxygen atoms in total. The molecule has 13 heavy (non-hydrogen) atoms. The van der Waals surface area contributed by atoms with Crippen molar-refractivity contribution in [1.29, 1.82) is 5.26 Å². The zero-order chi connectivity index (χ0) is 9.68. The van der Waals surface area contributed by atoms with Crippen LogP contribution in [-0.4, -0.2) is 15.4 Å². The number of halogens is 1. The summed E-state index contributed by atoms with van der Waals surface area (Å²) < 4.78 is 1.96. The second kappa shape index (κ2) is 4.88. The van der Waals surface area contributed by atoms with Gasteiger partial charge in [-0.15, -0.1) is 11.6 Å². The van der Waals surface area contributed by atoms with Crippen LogP contribution in [-0.2, 0) is 13.5 Å². The van der Waals surface area contributed by atoms with Crippen LogP contribution in [0.1, 0.15) is 12.2 Å². The van der Waals surface area contributed by atoms with Gasteiger partial charge in [0, 0.05) is 31.7 Å². The van der Waals surface area contributed by atoms with Crippen LogP contribution >= 0.6 is 11.6 Å². The van der Waals surface area contributed by atoms with Crippen molar-refractivity contribution in [1.82, 2.24) is 9.55 Å². The van der Waals surface area contributed by atoms with E-state index in [9.17, 15) is 0 Å². The molecule has 0 aromatic carbocycles. The van der Waals surface area contributed by atoms with E-state index >= 15 is 0 Å². The largest absolute Gasteiger partial charge is 0.338 e. The molecule has 0 radical (unpaired) electrons. The number of hydrogen-bond acceptors (Lipinski definition) is 2. The van der Waals surface area contributed by atoms with Gasteiger partial charge in [-0.2, -0.15) is 5.26 Å². The van der Waals surface area contributed by atoms with Gasteiger partial charge >= 0.3 is 0 Å². The van der Waals surface area contributed by atoms with Crippen molar-refractivity contribution in [2.45, 2.75) is 12.8 Å². The molecule has 70 valence electrons. The summed E-state index contributed by atoms with van der Waals surface area (Å²) in [5.74, 6) is 1.35. The minimum Gasteiger partial charge on any atom is -0.338 e. The quantitative estimate of drug-likeness (QED) is 0.690. The first kappa shape index (κ1) is 10.1. The second-order valence-corrected chi connectivity index (χ2v) is 3.28. The Morgan fingerprint density at radius 1 is 1.77 bits per heavy atom. The lowest BCUT2D eigenvalue weighted by molar-refractivity contribution is 0.631. The van der Waals surface area contributed by atoms with Gasteiger partial charge in [-0.05, 0) is 6.42 Å². The molecular weight excluding hydrogens is 186 g/mol. The van der Waals surface area contributed by atoms with Crippen LogP contribution in [0.15, 0.2) is 12.4 Å². The molecule has 1 atom stereocenters. The average molecular weight is 198 g/mol. The number of hydrogen-bond donors (Lipinski definition) is 0. The van der Waals surface area contributed by atoms with E-state index in [-0.39, 0.29) is 5.92 Å². The second-order valence-electron chi connectivity index (χ2n) is 2.97. The van der Waals surface area contributed by atoms with Gasteiger partial charge in [0.2, 0.25) is 0 Å². The van der Waals surface area contributed by atoms with Crippen LogP contribution in [0, 0.1) is 17.2 Å². The predicted octanol–water partition coefficient (Wildman–Crippen LogP) is 1.73. The summed E-state index contributed by atoms with van der Waals surface area (Å²) >= 11 is 5.60. The molecule has 0 amide bonds. The molecule has 0 saturated carbocycles. The van der Waals surface area contributed by atoms with Crippen molar-refractivity contribution in [2.75, 3.05) is 5.88 Å². The van der Waals surface area contributed by atoms with Crippen molar-refractivity contribution >= 4 is 11.6 Å². The number of nitrogens with zero attached hydrogens (tertiary/aromatic N) is 3. The molecule has 1 aromatic rings. The van der Waals surface area contributed by atoms with Gasteiger partial charge in [-0.1, -0.05) is 0 Å². The number of alkyl halides is 1. The lowest BCUT2D eigenvalue weighted by atomic mass is 10.1. The summed E-state index contributed by atoms with van der Waals surface area (Å²) in [6.45, 7) is 0. The van der Waals surface area contributed by atoms with Gasteiger partial charge in [0.1, 0.15) is 5.82 Å². The van der Waals surface area contributed by atoms with Gasteiger partial charge in [-0.25, -0.2) is 4.98 Å². The molecule has 0 saturated heterocycles. The molecule has 0 aliphatic carbocycles. The van der Waals surface area contributed by atoms with E-state index < -0.39 is 0 Å². The highest BCUT2D eigenvalue weighted by Crippen LogP contribution is 2.08. The maximum absolute atomic E-state index is 8.66. The number of nitriles is 1. The molecule has 0 spiro atoms. The summed E-state index contributed by atoms with van der Waals surface area (Å²) in [7, 11) is 1.95. The lowest BCUT2D eigenvalue weighted by Crippen LogP contribution is -2.04. The van der Waals surface area contributed by atoms with Crippen LogP contribution < -0.4 is 0 Å². The molecular formula is C9H12ClN3. The molecule has 1 unspecified atom stereocenters. The minimum absolute atomic E-state index is 0.0571. The number of aromatic nitrogens is 2. The summed E-state index contributed by atoms with van der Waals surface area (Å²) in [6, 6.07) is 2.16. The Bertz CT molecular complexity index is 300. The van der Waals surface area contributed by atoms with Crippen molar-refractivity contribution in [2.24, 2.45) is 13.0 Å². The van der Waals surface area contributed by atoms with Crippen LogP contribution in [0.3, 0.4) is 0 Å². The van der Waals surface area contributed by atoms with Crippen molar-refractivity contribution < 1.29 is 0 Å². The highest BCUT2D eigenvalue weighted by molar-refractivity contribution is 6.18. The monoisotopic (exact) mass is 197 g/mol. The number of rotatable bonds is 4. The highest BCUT2D eigenvalue weighted by Gasteiger charge is 2.07. The summed E-state index contributed by atoms with van der Waals surface area (Å²) in [4.78, 5) is 4.17. The summed E-state index contributed by atoms with van der Waals surface area (Å²) in [6.07, 6.45) is 5.26. The van der Waals surface area contributed by atoms with Gasteiger partial charge in [0.05, 0.1) is 12.0 Å². The molecule has 4 heteroatoms. The molecule has 0 fully saturated rings. The topological polar surface area (TPSA) is 41.6 Å². The van der Waals surface area contributed by atoms with E-state index in [0.717, 1.165) is 18.7 Å². The first-order valence-electron chi connectivity index (χ1n) is 4.19. The van der Waals surface area contributed by atoms with E-state index in [0.29, 0.717) is 5.88 Å². The van der Waals surface area contributed by atoms with Crippen molar-refractivity contribution in [3.63, 3.8) is 0 Å². The lowest BCUT2D eigenvalue weighted by Gasteiger charge is -2.04. The van der Waals surface area contributed by atoms with Crippen LogP contribution in [0.25, 0.3) is 0 Å². The molecule has 0 aliphatic heterocycles. The Kier molecular flexibility index (Phi) is 3.78. The fraction of sp³-hybridized carbons (Fsp3) is 0.556. The minimum atomic E-state index is -0.0571. The van der Waals surface area contributed by atoms with E-state index in [1.165, 1.54) is 0 Å². The Balaban J connectivity index is 2.44. The Labute approximate surface area is 83.0 Å². The van der Waals surface area contributed by atoms with E-state index in [2.05, 4.69) is 11.1 Å². The Hall–Kier alpha value is -1.01. The zero-order valence-electron chi connectivity index (χ0n) is 7.57. The molecule has 1 rings (SSSR count). The third kappa shape index (κ3) is 2.74. The SMILES string of the molecule is Cn1ccnc1CCC(C#N)CCl. The fourth-order valence-corrected chi connectivity index (χ4v) is 1.34. The zero-order valence-corrected chi connectivity index (χ0v) is 8.33. The third-order valence-electron chi connectivity index (χ3n) is 2.01. The van der Waals surface area contributed by atoms with E-state index in [1.54, 1.807) is 6.20 Å². The number of imidazole rings is 1. The molecule has 1 aromatic heterocycles. The van der Waals surface area contributed by atoms with Crippen molar-refractivity contribution in [3.8, 4) is 6.07 Å². The van der Waals surface area contributed by atoms with E-state index in [4.69, 9.17) is 16.9 Å². The first-order chi connectivity index (χ1) is 6.27. The van der Waals surface area contributed by atoms with Crippen LogP contribution in [0.5, 0.6) is 0 Å². The smallest absolute Gasteiger partial charge is 0.108 e. The van der Waals surface area contributed by atoms with Gasteiger partial charge in [0.15, 0.2) is 0 Å². The van der Waals surface area contributed by atoms with Gasteiger partial charge in [-0.3, -0.25) is 0 Å². The Morgan fingerprint density at radius 3 is 3.00 bits per heavy atom. The molecule has 0 aliphatic rings. The normalized spacial score (nSPS) is 12.4. The maximum atomic E-state index is 8.66. The number of aryl methyl sites for hydroxylation is 2. The fourth-order valence-electron chi connectivity index (χ4n) is 1.12. The Morgan fingerprint density at radius 2 is 2.54 bits per heavy atom.